The Balaban J connectivity index is 1.77. The van der Waals surface area contributed by atoms with Crippen LogP contribution in [0.2, 0.25) is 0 Å². The lowest BCUT2D eigenvalue weighted by Gasteiger charge is -2.14. The minimum absolute atomic E-state index is 0.954. The highest BCUT2D eigenvalue weighted by Gasteiger charge is 2.02. The minimum Gasteiger partial charge on any atom is -0.383 e. The predicted molar refractivity (Wildman–Crippen MR) is 85.2 cm³/mol. The third kappa shape index (κ3) is 4.08. The molecule has 2 aromatic rings. The number of rotatable bonds is 6. The second-order valence-electron chi connectivity index (χ2n) is 4.96. The average molecular weight is 274 g/mol. The smallest absolute Gasteiger partial charge is 0.0400 e. The third-order valence-electron chi connectivity index (χ3n) is 3.16. The van der Waals surface area contributed by atoms with Gasteiger partial charge in [-0.05, 0) is 43.3 Å². The maximum absolute atomic E-state index is 3.53. The lowest BCUT2D eigenvalue weighted by atomic mass is 10.1. The van der Waals surface area contributed by atoms with Crippen molar-refractivity contribution >= 4 is 17.0 Å². The number of aryl methyl sites for hydroxylation is 3. The van der Waals surface area contributed by atoms with Gasteiger partial charge >= 0.3 is 0 Å². The minimum atomic E-state index is 0.954. The molecular weight excluding hydrogens is 252 g/mol. The molecule has 0 saturated carbocycles. The molecule has 0 spiro atoms. The van der Waals surface area contributed by atoms with E-state index in [2.05, 4.69) is 61.1 Å². The van der Waals surface area contributed by atoms with Crippen LogP contribution in [0.5, 0.6) is 0 Å². The molecule has 3 heteroatoms. The van der Waals surface area contributed by atoms with E-state index in [1.165, 1.54) is 27.3 Å². The van der Waals surface area contributed by atoms with Crippen molar-refractivity contribution < 1.29 is 0 Å². The maximum Gasteiger partial charge on any atom is 0.0400 e. The highest BCUT2D eigenvalue weighted by atomic mass is 32.1. The second kappa shape index (κ2) is 6.73. The number of hydrogen-bond donors (Lipinski definition) is 2. The molecule has 1 aromatic heterocycles. The van der Waals surface area contributed by atoms with E-state index >= 15 is 0 Å². The standard InChI is InChI=1S/C16H22N2S/c1-12-9-13(2)16(14(3)10-12)18-7-6-17-11-15-5-4-8-19-15/h4-5,8-10,17-18H,6-7,11H2,1-3H3. The van der Waals surface area contributed by atoms with Gasteiger partial charge in [0.2, 0.25) is 0 Å². The summed E-state index contributed by atoms with van der Waals surface area (Å²) in [6.45, 7) is 9.38. The van der Waals surface area contributed by atoms with E-state index in [-0.39, 0.29) is 0 Å². The summed E-state index contributed by atoms with van der Waals surface area (Å²) in [5, 5.41) is 9.11. The van der Waals surface area contributed by atoms with Crippen molar-refractivity contribution in [2.75, 3.05) is 18.4 Å². The molecule has 0 radical (unpaired) electrons. The maximum atomic E-state index is 3.53. The number of benzene rings is 1. The topological polar surface area (TPSA) is 24.1 Å². The van der Waals surface area contributed by atoms with Crippen LogP contribution in [-0.2, 0) is 6.54 Å². The molecule has 2 rings (SSSR count). The molecule has 1 aromatic carbocycles. The van der Waals surface area contributed by atoms with Gasteiger partial charge in [-0.2, -0.15) is 0 Å². The Hall–Kier alpha value is -1.32. The van der Waals surface area contributed by atoms with E-state index < -0.39 is 0 Å². The van der Waals surface area contributed by atoms with Crippen LogP contribution >= 0.6 is 11.3 Å². The lowest BCUT2D eigenvalue weighted by molar-refractivity contribution is 0.714. The van der Waals surface area contributed by atoms with E-state index in [1.54, 1.807) is 11.3 Å². The first kappa shape index (κ1) is 14.1. The van der Waals surface area contributed by atoms with Crippen LogP contribution in [0.25, 0.3) is 0 Å². The third-order valence-corrected chi connectivity index (χ3v) is 4.04. The predicted octanol–water partition coefficient (Wildman–Crippen LogP) is 3.88. The van der Waals surface area contributed by atoms with Gasteiger partial charge in [-0.3, -0.25) is 0 Å². The summed E-state index contributed by atoms with van der Waals surface area (Å²) in [7, 11) is 0. The molecule has 0 amide bonds. The first-order valence-electron chi connectivity index (χ1n) is 6.71. The number of thiophene rings is 1. The molecule has 0 aliphatic rings. The van der Waals surface area contributed by atoms with Crippen LogP contribution in [-0.4, -0.2) is 13.1 Å². The van der Waals surface area contributed by atoms with Gasteiger partial charge in [0.05, 0.1) is 0 Å². The van der Waals surface area contributed by atoms with Crippen molar-refractivity contribution in [1.82, 2.24) is 5.32 Å². The summed E-state index contributed by atoms with van der Waals surface area (Å²) in [6.07, 6.45) is 0. The monoisotopic (exact) mass is 274 g/mol. The second-order valence-corrected chi connectivity index (χ2v) is 5.99. The van der Waals surface area contributed by atoms with Gasteiger partial charge in [0.15, 0.2) is 0 Å². The van der Waals surface area contributed by atoms with Crippen LogP contribution in [0.4, 0.5) is 5.69 Å². The van der Waals surface area contributed by atoms with Gasteiger partial charge in [0.1, 0.15) is 0 Å². The quantitative estimate of drug-likeness (QED) is 0.781. The lowest BCUT2D eigenvalue weighted by Crippen LogP contribution is -2.21. The van der Waals surface area contributed by atoms with Crippen molar-refractivity contribution in [3.63, 3.8) is 0 Å². The molecule has 0 aliphatic carbocycles. The molecule has 0 atom stereocenters. The van der Waals surface area contributed by atoms with Gasteiger partial charge in [-0.25, -0.2) is 0 Å². The van der Waals surface area contributed by atoms with Crippen LogP contribution in [0.3, 0.4) is 0 Å². The molecule has 102 valence electrons. The number of nitrogens with one attached hydrogen (secondary N) is 2. The molecular formula is C16H22N2S. The largest absolute Gasteiger partial charge is 0.383 e. The van der Waals surface area contributed by atoms with Crippen LogP contribution in [0.1, 0.15) is 21.6 Å². The fraction of sp³-hybridized carbons (Fsp3) is 0.375. The van der Waals surface area contributed by atoms with Crippen molar-refractivity contribution in [3.05, 3.63) is 51.2 Å². The molecule has 2 N–H and O–H groups in total. The Labute approximate surface area is 119 Å². The van der Waals surface area contributed by atoms with Crippen molar-refractivity contribution in [3.8, 4) is 0 Å². The Kier molecular flexibility index (Phi) is 5.00. The van der Waals surface area contributed by atoms with Gasteiger partial charge in [0, 0.05) is 30.2 Å². The summed E-state index contributed by atoms with van der Waals surface area (Å²) < 4.78 is 0. The van der Waals surface area contributed by atoms with Crippen LogP contribution in [0, 0.1) is 20.8 Å². The highest BCUT2D eigenvalue weighted by molar-refractivity contribution is 7.09. The van der Waals surface area contributed by atoms with Crippen molar-refractivity contribution in [2.24, 2.45) is 0 Å². The summed E-state index contributed by atoms with van der Waals surface area (Å²) in [5.41, 5.74) is 5.27. The van der Waals surface area contributed by atoms with Gasteiger partial charge in [-0.15, -0.1) is 11.3 Å². The Morgan fingerprint density at radius 2 is 1.79 bits per heavy atom. The Bertz CT molecular complexity index is 495. The summed E-state index contributed by atoms with van der Waals surface area (Å²) in [6, 6.07) is 8.72. The zero-order chi connectivity index (χ0) is 13.7. The Morgan fingerprint density at radius 1 is 1.05 bits per heavy atom. The SMILES string of the molecule is Cc1cc(C)c(NCCNCc2cccs2)c(C)c1. The zero-order valence-electron chi connectivity index (χ0n) is 11.9. The molecule has 2 nitrogen and oxygen atoms in total. The van der Waals surface area contributed by atoms with Gasteiger partial charge in [0.25, 0.3) is 0 Å². The fourth-order valence-corrected chi connectivity index (χ4v) is 3.03. The Morgan fingerprint density at radius 3 is 2.42 bits per heavy atom. The normalized spacial score (nSPS) is 10.7. The van der Waals surface area contributed by atoms with Gasteiger partial charge < -0.3 is 10.6 Å². The number of anilines is 1. The first-order valence-corrected chi connectivity index (χ1v) is 7.59. The van der Waals surface area contributed by atoms with Crippen LogP contribution < -0.4 is 10.6 Å². The van der Waals surface area contributed by atoms with Gasteiger partial charge in [-0.1, -0.05) is 23.8 Å². The molecule has 0 saturated heterocycles. The van der Waals surface area contributed by atoms with E-state index in [0.717, 1.165) is 19.6 Å². The van der Waals surface area contributed by atoms with E-state index in [4.69, 9.17) is 0 Å². The average Bonchev–Trinajstić information content (AvgIpc) is 2.84. The zero-order valence-corrected chi connectivity index (χ0v) is 12.7. The fourth-order valence-electron chi connectivity index (χ4n) is 2.36. The van der Waals surface area contributed by atoms with E-state index in [0.29, 0.717) is 0 Å². The van der Waals surface area contributed by atoms with E-state index in [9.17, 15) is 0 Å². The molecule has 1 heterocycles. The molecule has 0 bridgehead atoms. The molecule has 0 aliphatic heterocycles. The van der Waals surface area contributed by atoms with Crippen molar-refractivity contribution in [2.45, 2.75) is 27.3 Å². The summed E-state index contributed by atoms with van der Waals surface area (Å²) >= 11 is 1.80. The summed E-state index contributed by atoms with van der Waals surface area (Å²) in [4.78, 5) is 1.39. The van der Waals surface area contributed by atoms with E-state index in [1.807, 2.05) is 0 Å². The number of hydrogen-bond acceptors (Lipinski definition) is 3. The molecule has 19 heavy (non-hydrogen) atoms. The first-order chi connectivity index (χ1) is 9.16. The van der Waals surface area contributed by atoms with Crippen LogP contribution in [0.15, 0.2) is 29.6 Å². The molecule has 0 fully saturated rings. The molecule has 0 unspecified atom stereocenters. The van der Waals surface area contributed by atoms with Crippen molar-refractivity contribution in [1.29, 1.82) is 0 Å². The summed E-state index contributed by atoms with van der Waals surface area (Å²) in [5.74, 6) is 0. The highest BCUT2D eigenvalue weighted by Crippen LogP contribution is 2.21.